The molecule has 2 aromatic carbocycles. The number of primary amides is 1. The van der Waals surface area contributed by atoms with E-state index in [1.54, 1.807) is 60.7 Å². The van der Waals surface area contributed by atoms with E-state index in [1.807, 2.05) is 0 Å². The molecule has 0 fully saturated rings. The van der Waals surface area contributed by atoms with Crippen LogP contribution in [0.15, 0.2) is 60.7 Å². The molecule has 2 rings (SSSR count). The molecule has 0 saturated heterocycles. The number of rotatable bonds is 26. The van der Waals surface area contributed by atoms with Crippen LogP contribution in [0, 0.1) is 0 Å². The highest BCUT2D eigenvalue weighted by Crippen LogP contribution is 2.16. The van der Waals surface area contributed by atoms with Crippen LogP contribution in [-0.2, 0) is 61.0 Å². The fraction of sp³-hybridized carbons (Fsp3) is 0.474. The first kappa shape index (κ1) is 50.6. The molecule has 0 heterocycles. The number of nitrogens with one attached hydrogen (secondary N) is 4. The Balaban J connectivity index is 2.49. The first-order valence-electron chi connectivity index (χ1n) is 18.8. The maximum absolute atomic E-state index is 14.2. The van der Waals surface area contributed by atoms with Gasteiger partial charge in [0, 0.05) is 31.8 Å². The molecule has 2 aromatic rings. The number of aliphatic carboxylic acids is 1. The van der Waals surface area contributed by atoms with Crippen molar-refractivity contribution in [2.24, 2.45) is 17.2 Å². The summed E-state index contributed by atoms with van der Waals surface area (Å²) in [6.07, 6.45) is -1.44. The predicted molar refractivity (Wildman–Crippen MR) is 221 cm³/mol. The van der Waals surface area contributed by atoms with Gasteiger partial charge in [0.25, 0.3) is 0 Å². The number of thioether (sulfide) groups is 1. The number of benzene rings is 2. The van der Waals surface area contributed by atoms with Crippen molar-refractivity contribution >= 4 is 69.1 Å². The third-order valence-corrected chi connectivity index (χ3v) is 10.4. The molecule has 0 aliphatic heterocycles. The monoisotopic (exact) mass is 878 g/mol. The smallest absolute Gasteiger partial charge is 0.417 e. The molecule has 0 aliphatic rings. The summed E-state index contributed by atoms with van der Waals surface area (Å²) in [5.41, 5.74) is 18.4. The molecule has 0 bridgehead atoms. The van der Waals surface area contributed by atoms with Gasteiger partial charge in [-0.25, -0.2) is 22.9 Å². The van der Waals surface area contributed by atoms with Gasteiger partial charge in [-0.05, 0) is 36.9 Å². The zero-order valence-corrected chi connectivity index (χ0v) is 35.0. The normalized spacial score (nSPS) is 13.6. The first-order valence-corrected chi connectivity index (χ1v) is 22.0. The number of nitrogens with zero attached hydrogens (tertiary/aromatic N) is 1. The molecule has 60 heavy (non-hydrogen) atoms. The fourth-order valence-corrected chi connectivity index (χ4v) is 6.71. The number of nitrogens with two attached hydrogens (primary N) is 3. The maximum atomic E-state index is 14.2. The van der Waals surface area contributed by atoms with Crippen LogP contribution in [0.4, 0.5) is 4.79 Å². The summed E-state index contributed by atoms with van der Waals surface area (Å²) < 4.78 is 28.6. The van der Waals surface area contributed by atoms with Gasteiger partial charge in [0.1, 0.15) is 30.8 Å². The molecule has 5 atom stereocenters. The zero-order chi connectivity index (χ0) is 44.8. The molecule has 0 radical (unpaired) electrons. The van der Waals surface area contributed by atoms with Crippen molar-refractivity contribution in [2.75, 3.05) is 36.8 Å². The number of amides is 7. The second-order valence-electron chi connectivity index (χ2n) is 13.7. The lowest BCUT2D eigenvalue weighted by Crippen LogP contribution is -2.61. The Morgan fingerprint density at radius 3 is 1.87 bits per heavy atom. The number of hydrogen-bond acceptors (Lipinski definition) is 14. The van der Waals surface area contributed by atoms with E-state index in [9.17, 15) is 51.9 Å². The van der Waals surface area contributed by atoms with E-state index in [0.717, 1.165) is 18.0 Å². The second kappa shape index (κ2) is 25.8. The van der Waals surface area contributed by atoms with Gasteiger partial charge < -0.3 is 48.3 Å². The van der Waals surface area contributed by atoms with Crippen molar-refractivity contribution in [3.8, 4) is 0 Å². The number of carbonyl (C=O) groups excluding carboxylic acids is 7. The minimum atomic E-state index is -3.64. The van der Waals surface area contributed by atoms with Crippen molar-refractivity contribution in [2.45, 2.75) is 75.7 Å². The summed E-state index contributed by atoms with van der Waals surface area (Å²) in [5, 5.41) is 19.7. The highest BCUT2D eigenvalue weighted by Gasteiger charge is 2.40. The van der Waals surface area contributed by atoms with Crippen LogP contribution >= 0.6 is 11.8 Å². The summed E-state index contributed by atoms with van der Waals surface area (Å²) in [5.74, 6) is -7.80. The van der Waals surface area contributed by atoms with Crippen LogP contribution in [0.2, 0.25) is 0 Å². The van der Waals surface area contributed by atoms with E-state index in [2.05, 4.69) is 21.3 Å². The molecule has 0 unspecified atom stereocenters. The molecular weight excluding hydrogens is 825 g/mol. The Morgan fingerprint density at radius 1 is 0.817 bits per heavy atom. The topological polar surface area (TPSA) is 330 Å². The van der Waals surface area contributed by atoms with E-state index >= 15 is 0 Å². The van der Waals surface area contributed by atoms with Gasteiger partial charge in [-0.2, -0.15) is 0 Å². The summed E-state index contributed by atoms with van der Waals surface area (Å²) >= 11 is 1.02. The Bertz CT molecular complexity index is 1890. The van der Waals surface area contributed by atoms with Crippen molar-refractivity contribution in [1.29, 1.82) is 0 Å². The lowest BCUT2D eigenvalue weighted by molar-refractivity contribution is -0.142. The van der Waals surface area contributed by atoms with Gasteiger partial charge in [-0.3, -0.25) is 28.8 Å². The Hall–Kier alpha value is -5.58. The molecule has 0 spiro atoms. The van der Waals surface area contributed by atoms with Gasteiger partial charge in [0.2, 0.25) is 35.4 Å². The average Bonchev–Trinajstić information content (AvgIpc) is 3.18. The standard InChI is InChI=1S/C38H54N8O12S2/c1-24(47)42-23-59-22-27(40)36(52)46(38(55)58-17-18-60(2,56)57)31(15-9-10-16-39)35(51)44-29(21-32(41)48)34(50)43-28(19-25-11-5-3-6-12-25)33(49)45-30(37(53)54)20-26-13-7-4-8-14-26/h3-8,11-14,27-31H,9-10,15-23,39-40H2,1-2H3,(H2,41,48)(H,42,47)(H,43,50)(H,44,51)(H,45,49)(H,53,54)/t27-,28-,29-,30-,31-/m0/s1. The van der Waals surface area contributed by atoms with Crippen molar-refractivity contribution in [3.63, 3.8) is 0 Å². The van der Waals surface area contributed by atoms with E-state index in [-0.39, 0.29) is 49.8 Å². The van der Waals surface area contributed by atoms with Gasteiger partial charge in [-0.1, -0.05) is 60.7 Å². The summed E-state index contributed by atoms with van der Waals surface area (Å²) in [6, 6.07) is 8.97. The number of carboxylic acids is 1. The number of unbranched alkanes of at least 4 members (excludes halogenated alkanes) is 1. The Morgan fingerprint density at radius 2 is 1.35 bits per heavy atom. The highest BCUT2D eigenvalue weighted by atomic mass is 32.2. The van der Waals surface area contributed by atoms with E-state index in [0.29, 0.717) is 22.4 Å². The van der Waals surface area contributed by atoms with Crippen LogP contribution in [0.5, 0.6) is 0 Å². The van der Waals surface area contributed by atoms with Crippen LogP contribution in [0.25, 0.3) is 0 Å². The average molecular weight is 879 g/mol. The van der Waals surface area contributed by atoms with Gasteiger partial charge in [0.05, 0.1) is 24.1 Å². The quantitative estimate of drug-likeness (QED) is 0.0396. The predicted octanol–water partition coefficient (Wildman–Crippen LogP) is -1.45. The van der Waals surface area contributed by atoms with Crippen LogP contribution in [0.3, 0.4) is 0 Å². The molecule has 7 amide bonds. The lowest BCUT2D eigenvalue weighted by Gasteiger charge is -2.32. The SMILES string of the molecule is CC(=O)NCSC[C@H](N)C(=O)N(C(=O)OCCS(C)(=O)=O)[C@@H](CCCCN)C(=O)N[C@@H](CC(N)=O)C(=O)N[C@@H](Cc1ccccc1)C(=O)N[C@@H](Cc1ccccc1)C(=O)O. The van der Waals surface area contributed by atoms with Crippen LogP contribution in [-0.4, -0.2) is 133 Å². The van der Waals surface area contributed by atoms with E-state index in [1.165, 1.54) is 6.92 Å². The van der Waals surface area contributed by atoms with Gasteiger partial charge >= 0.3 is 12.1 Å². The number of ether oxygens (including phenoxy) is 1. The maximum Gasteiger partial charge on any atom is 0.417 e. The summed E-state index contributed by atoms with van der Waals surface area (Å²) in [7, 11) is -3.64. The van der Waals surface area contributed by atoms with E-state index in [4.69, 9.17) is 21.9 Å². The minimum absolute atomic E-state index is 0.0483. The zero-order valence-electron chi connectivity index (χ0n) is 33.4. The summed E-state index contributed by atoms with van der Waals surface area (Å²) in [6.45, 7) is 0.721. The largest absolute Gasteiger partial charge is 0.480 e. The van der Waals surface area contributed by atoms with Crippen molar-refractivity contribution in [3.05, 3.63) is 71.8 Å². The number of sulfone groups is 1. The number of imide groups is 1. The molecule has 11 N–H and O–H groups in total. The molecule has 0 saturated carbocycles. The number of hydrogen-bond donors (Lipinski definition) is 8. The highest BCUT2D eigenvalue weighted by molar-refractivity contribution is 7.99. The van der Waals surface area contributed by atoms with Crippen molar-refractivity contribution < 1.29 is 56.6 Å². The Kier molecular flexibility index (Phi) is 21.7. The van der Waals surface area contributed by atoms with E-state index < -0.39 is 100 Å². The fourth-order valence-electron chi connectivity index (χ4n) is 5.50. The van der Waals surface area contributed by atoms with Crippen molar-refractivity contribution in [1.82, 2.24) is 26.2 Å². The molecule has 0 aliphatic carbocycles. The third-order valence-electron chi connectivity index (χ3n) is 8.55. The van der Waals surface area contributed by atoms with Gasteiger partial charge in [0.15, 0.2) is 9.84 Å². The number of carboxylic acid groups (broad SMARTS) is 1. The number of carbonyl (C=O) groups is 8. The van der Waals surface area contributed by atoms with Crippen LogP contribution < -0.4 is 38.5 Å². The first-order chi connectivity index (χ1) is 28.3. The minimum Gasteiger partial charge on any atom is -0.480 e. The molecule has 330 valence electrons. The lowest BCUT2D eigenvalue weighted by atomic mass is 10.0. The molecular formula is C38H54N8O12S2. The molecule has 0 aromatic heterocycles. The second-order valence-corrected chi connectivity index (χ2v) is 17.0. The Labute approximate surface area is 352 Å². The molecule has 22 heteroatoms. The van der Waals surface area contributed by atoms with Crippen LogP contribution in [0.1, 0.15) is 43.7 Å². The van der Waals surface area contributed by atoms with Gasteiger partial charge in [-0.15, -0.1) is 11.8 Å². The summed E-state index contributed by atoms with van der Waals surface area (Å²) in [4.78, 5) is 105. The molecule has 20 nitrogen and oxygen atoms in total. The third kappa shape index (κ3) is 19.0.